The van der Waals surface area contributed by atoms with Crippen LogP contribution < -0.4 is 4.74 Å². The molecule has 119 valence electrons. The first kappa shape index (κ1) is 16.1. The predicted octanol–water partition coefficient (Wildman–Crippen LogP) is 5.95. The molecule has 0 saturated heterocycles. The molecule has 3 rings (SSSR count). The summed E-state index contributed by atoms with van der Waals surface area (Å²) in [5.41, 5.74) is 5.98. The molecule has 0 heterocycles. The van der Waals surface area contributed by atoms with Gasteiger partial charge in [-0.15, -0.1) is 6.58 Å². The van der Waals surface area contributed by atoms with Gasteiger partial charge in [0, 0.05) is 0 Å². The summed E-state index contributed by atoms with van der Waals surface area (Å²) in [6.07, 6.45) is 2.76. The fourth-order valence-corrected chi connectivity index (χ4v) is 2.92. The van der Waals surface area contributed by atoms with Gasteiger partial charge in [-0.2, -0.15) is 0 Å². The smallest absolute Gasteiger partial charge is 0.119 e. The molecule has 1 nitrogen and oxygen atoms in total. The van der Waals surface area contributed by atoms with Crippen LogP contribution >= 0.6 is 0 Å². The van der Waals surface area contributed by atoms with Gasteiger partial charge >= 0.3 is 0 Å². The Labute approximate surface area is 144 Å². The maximum Gasteiger partial charge on any atom is 0.119 e. The summed E-state index contributed by atoms with van der Waals surface area (Å²) < 4.78 is 5.54. The van der Waals surface area contributed by atoms with Crippen LogP contribution in [-0.2, 0) is 6.42 Å². The highest BCUT2D eigenvalue weighted by Gasteiger charge is 2.11. The van der Waals surface area contributed by atoms with Gasteiger partial charge < -0.3 is 4.74 Å². The van der Waals surface area contributed by atoms with Gasteiger partial charge in [0.05, 0.1) is 6.61 Å². The van der Waals surface area contributed by atoms with Gasteiger partial charge in [-0.25, -0.2) is 0 Å². The van der Waals surface area contributed by atoms with Crippen LogP contribution in [-0.4, -0.2) is 6.61 Å². The molecule has 24 heavy (non-hydrogen) atoms. The van der Waals surface area contributed by atoms with Crippen LogP contribution in [0.5, 0.6) is 5.75 Å². The van der Waals surface area contributed by atoms with Crippen molar-refractivity contribution in [3.63, 3.8) is 0 Å². The van der Waals surface area contributed by atoms with Crippen LogP contribution in [0.4, 0.5) is 0 Å². The van der Waals surface area contributed by atoms with Crippen LogP contribution in [0.25, 0.3) is 22.3 Å². The van der Waals surface area contributed by atoms with Crippen LogP contribution in [0.1, 0.15) is 12.5 Å². The topological polar surface area (TPSA) is 9.23 Å². The van der Waals surface area contributed by atoms with Crippen molar-refractivity contribution in [3.8, 4) is 28.0 Å². The van der Waals surface area contributed by atoms with Crippen molar-refractivity contribution in [3.05, 3.63) is 91.0 Å². The lowest BCUT2D eigenvalue weighted by molar-refractivity contribution is 0.340. The van der Waals surface area contributed by atoms with E-state index in [1.807, 2.05) is 37.3 Å². The molecule has 0 amide bonds. The van der Waals surface area contributed by atoms with Crippen LogP contribution in [0.15, 0.2) is 79.4 Å². The first-order valence-corrected chi connectivity index (χ1v) is 8.26. The second kappa shape index (κ2) is 7.65. The lowest BCUT2D eigenvalue weighted by Crippen LogP contribution is -1.94. The maximum absolute atomic E-state index is 5.54. The second-order valence-electron chi connectivity index (χ2n) is 5.56. The fraction of sp³-hybridized carbons (Fsp3) is 0.130. The van der Waals surface area contributed by atoms with Crippen molar-refractivity contribution in [2.24, 2.45) is 0 Å². The standard InChI is InChI=1S/C23H21O/c1-3-9-23-21(18-10-6-5-7-11-18)12-8-13-22(23)19-14-16-20(17-15-19)24-4-2/h3,5-8,10-12,14-17H,1,4,9H2,2H3. The van der Waals surface area contributed by atoms with Crippen molar-refractivity contribution in [2.45, 2.75) is 13.3 Å². The molecule has 1 radical (unpaired) electrons. The zero-order chi connectivity index (χ0) is 16.8. The number of hydrogen-bond donors (Lipinski definition) is 0. The molecule has 0 atom stereocenters. The first-order chi connectivity index (χ1) is 11.8. The van der Waals surface area contributed by atoms with E-state index in [0.717, 1.165) is 23.3 Å². The summed E-state index contributed by atoms with van der Waals surface area (Å²) in [4.78, 5) is 0. The van der Waals surface area contributed by atoms with Crippen molar-refractivity contribution in [2.75, 3.05) is 6.61 Å². The summed E-state index contributed by atoms with van der Waals surface area (Å²) in [6, 6.07) is 26.2. The van der Waals surface area contributed by atoms with E-state index in [-0.39, 0.29) is 0 Å². The fourth-order valence-electron chi connectivity index (χ4n) is 2.92. The Balaban J connectivity index is 2.09. The molecule has 0 aromatic heterocycles. The molecule has 3 aromatic carbocycles. The Morgan fingerprint density at radius 2 is 1.71 bits per heavy atom. The van der Waals surface area contributed by atoms with E-state index in [4.69, 9.17) is 4.74 Å². The number of allylic oxidation sites excluding steroid dienone is 1. The Bertz CT molecular complexity index is 801. The largest absolute Gasteiger partial charge is 0.494 e. The SMILES string of the molecule is C=CCc1c(-c2ccc(OCC)cc2)[c]ccc1-c1ccccc1. The van der Waals surface area contributed by atoms with Gasteiger partial charge in [0.1, 0.15) is 5.75 Å². The van der Waals surface area contributed by atoms with E-state index >= 15 is 0 Å². The summed E-state index contributed by atoms with van der Waals surface area (Å²) >= 11 is 0. The van der Waals surface area contributed by atoms with Crippen molar-refractivity contribution in [1.29, 1.82) is 0 Å². The first-order valence-electron chi connectivity index (χ1n) is 8.26. The molecular formula is C23H21O. The van der Waals surface area contributed by atoms with E-state index < -0.39 is 0 Å². The number of benzene rings is 3. The van der Waals surface area contributed by atoms with Gasteiger partial charge in [0.25, 0.3) is 0 Å². The lowest BCUT2D eigenvalue weighted by Gasteiger charge is -2.14. The molecule has 1 heteroatoms. The molecule has 0 unspecified atom stereocenters. The minimum atomic E-state index is 0.677. The van der Waals surface area contributed by atoms with Crippen molar-refractivity contribution >= 4 is 0 Å². The molecule has 0 aliphatic carbocycles. The van der Waals surface area contributed by atoms with E-state index in [1.54, 1.807) is 0 Å². The van der Waals surface area contributed by atoms with Gasteiger partial charge in [0.15, 0.2) is 0 Å². The van der Waals surface area contributed by atoms with Crippen LogP contribution in [0.2, 0.25) is 0 Å². The van der Waals surface area contributed by atoms with E-state index in [0.29, 0.717) is 6.61 Å². The minimum Gasteiger partial charge on any atom is -0.494 e. The maximum atomic E-state index is 5.54. The van der Waals surface area contributed by atoms with Gasteiger partial charge in [-0.05, 0) is 59.4 Å². The molecule has 0 aliphatic heterocycles. The highest BCUT2D eigenvalue weighted by molar-refractivity contribution is 5.78. The van der Waals surface area contributed by atoms with E-state index in [2.05, 4.69) is 55.1 Å². The van der Waals surface area contributed by atoms with E-state index in [9.17, 15) is 0 Å². The average molecular weight is 313 g/mol. The molecule has 0 saturated carbocycles. The van der Waals surface area contributed by atoms with Crippen LogP contribution in [0.3, 0.4) is 0 Å². The average Bonchev–Trinajstić information content (AvgIpc) is 2.64. The number of hydrogen-bond acceptors (Lipinski definition) is 1. The zero-order valence-corrected chi connectivity index (χ0v) is 14.0. The van der Waals surface area contributed by atoms with Gasteiger partial charge in [-0.1, -0.05) is 60.7 Å². The summed E-state index contributed by atoms with van der Waals surface area (Å²) in [7, 11) is 0. The Kier molecular flexibility index (Phi) is 5.12. The third kappa shape index (κ3) is 3.41. The van der Waals surface area contributed by atoms with Gasteiger partial charge in [-0.3, -0.25) is 0 Å². The summed E-state index contributed by atoms with van der Waals surface area (Å²) in [6.45, 7) is 6.60. The minimum absolute atomic E-state index is 0.677. The molecule has 3 aromatic rings. The molecule has 0 N–H and O–H groups in total. The molecular weight excluding hydrogens is 292 g/mol. The normalized spacial score (nSPS) is 10.4. The highest BCUT2D eigenvalue weighted by atomic mass is 16.5. The lowest BCUT2D eigenvalue weighted by atomic mass is 9.90. The zero-order valence-electron chi connectivity index (χ0n) is 14.0. The van der Waals surface area contributed by atoms with E-state index in [1.165, 1.54) is 16.7 Å². The van der Waals surface area contributed by atoms with Crippen molar-refractivity contribution < 1.29 is 4.74 Å². The summed E-state index contributed by atoms with van der Waals surface area (Å²) in [5, 5.41) is 0. The third-order valence-electron chi connectivity index (χ3n) is 3.99. The Morgan fingerprint density at radius 3 is 2.38 bits per heavy atom. The second-order valence-corrected chi connectivity index (χ2v) is 5.56. The Hall–Kier alpha value is -2.80. The Morgan fingerprint density at radius 1 is 0.958 bits per heavy atom. The predicted molar refractivity (Wildman–Crippen MR) is 101 cm³/mol. The van der Waals surface area contributed by atoms with Crippen LogP contribution in [0, 0.1) is 6.07 Å². The van der Waals surface area contributed by atoms with Crippen molar-refractivity contribution in [1.82, 2.24) is 0 Å². The quantitative estimate of drug-likeness (QED) is 0.511. The highest BCUT2D eigenvalue weighted by Crippen LogP contribution is 2.33. The molecule has 0 spiro atoms. The molecule has 0 aliphatic rings. The monoisotopic (exact) mass is 313 g/mol. The molecule has 0 fully saturated rings. The van der Waals surface area contributed by atoms with Gasteiger partial charge in [0.2, 0.25) is 0 Å². The number of rotatable bonds is 6. The third-order valence-corrected chi connectivity index (χ3v) is 3.99. The number of ether oxygens (including phenoxy) is 1. The summed E-state index contributed by atoms with van der Waals surface area (Å²) in [5.74, 6) is 0.894. The molecule has 0 bridgehead atoms.